The van der Waals surface area contributed by atoms with Gasteiger partial charge in [-0.3, -0.25) is 9.59 Å². The number of rotatable bonds is 10. The van der Waals surface area contributed by atoms with E-state index in [0.717, 1.165) is 35.6 Å². The number of aryl methyl sites for hydroxylation is 1. The summed E-state index contributed by atoms with van der Waals surface area (Å²) < 4.78 is 5.36. The molecule has 0 aromatic heterocycles. The fourth-order valence-corrected chi connectivity index (χ4v) is 4.39. The number of anilines is 1. The molecule has 0 fully saturated rings. The first-order valence-electron chi connectivity index (χ1n) is 13.6. The van der Waals surface area contributed by atoms with Crippen LogP contribution < -0.4 is 10.6 Å². The van der Waals surface area contributed by atoms with E-state index in [1.54, 1.807) is 32.6 Å². The summed E-state index contributed by atoms with van der Waals surface area (Å²) in [4.78, 5) is 41.8. The minimum absolute atomic E-state index is 0.316. The lowest BCUT2D eigenvalue weighted by molar-refractivity contribution is -0.140. The Bertz CT molecular complexity index is 1280. The fraction of sp³-hybridized carbons (Fsp3) is 0.406. The van der Waals surface area contributed by atoms with E-state index in [1.807, 2.05) is 73.7 Å². The van der Waals surface area contributed by atoms with Gasteiger partial charge in [0.05, 0.1) is 0 Å². The molecule has 3 amide bonds. The molecular formula is C32H41N3O4. The minimum atomic E-state index is -0.886. The van der Waals surface area contributed by atoms with Gasteiger partial charge < -0.3 is 20.3 Å². The maximum absolute atomic E-state index is 13.9. The fourth-order valence-electron chi connectivity index (χ4n) is 4.39. The first-order chi connectivity index (χ1) is 18.5. The van der Waals surface area contributed by atoms with E-state index < -0.39 is 23.8 Å². The molecule has 0 spiro atoms. The highest BCUT2D eigenvalue weighted by atomic mass is 16.6. The van der Waals surface area contributed by atoms with Crippen molar-refractivity contribution < 1.29 is 19.1 Å². The van der Waals surface area contributed by atoms with Crippen molar-refractivity contribution in [2.24, 2.45) is 0 Å². The predicted octanol–water partition coefficient (Wildman–Crippen LogP) is 6.76. The zero-order chi connectivity index (χ0) is 28.6. The number of amides is 3. The summed E-state index contributed by atoms with van der Waals surface area (Å²) in [6.45, 7) is 11.3. The van der Waals surface area contributed by atoms with Crippen LogP contribution in [0.1, 0.15) is 71.0 Å². The van der Waals surface area contributed by atoms with Crippen LogP contribution in [0.3, 0.4) is 0 Å². The Morgan fingerprint density at radius 1 is 0.923 bits per heavy atom. The molecular weight excluding hydrogens is 490 g/mol. The number of nitrogens with one attached hydrogen (secondary N) is 2. The second-order valence-corrected chi connectivity index (χ2v) is 11.0. The summed E-state index contributed by atoms with van der Waals surface area (Å²) in [5.74, 6) is -0.667. The predicted molar refractivity (Wildman–Crippen MR) is 157 cm³/mol. The number of carbonyl (C=O) groups excluding carboxylic acids is 3. The normalized spacial score (nSPS) is 12.9. The number of fused-ring (bicyclic) bond motifs is 1. The third-order valence-corrected chi connectivity index (χ3v) is 6.36. The van der Waals surface area contributed by atoms with Crippen molar-refractivity contribution in [3.05, 3.63) is 77.9 Å². The molecule has 0 aliphatic rings. The van der Waals surface area contributed by atoms with Crippen LogP contribution in [0.2, 0.25) is 0 Å². The first-order valence-corrected chi connectivity index (χ1v) is 13.6. The smallest absolute Gasteiger partial charge is 0.408 e. The number of benzene rings is 3. The summed E-state index contributed by atoms with van der Waals surface area (Å²) in [6.07, 6.45) is 1.92. The molecule has 7 nitrogen and oxygen atoms in total. The highest BCUT2D eigenvalue weighted by Crippen LogP contribution is 2.27. The molecule has 3 aromatic rings. The highest BCUT2D eigenvalue weighted by Gasteiger charge is 2.34. The number of nitrogens with zero attached hydrogens (tertiary/aromatic N) is 1. The number of carbonyl (C=O) groups is 3. The minimum Gasteiger partial charge on any atom is -0.444 e. The van der Waals surface area contributed by atoms with Gasteiger partial charge in [-0.25, -0.2) is 4.79 Å². The molecule has 0 saturated carbocycles. The molecule has 7 heteroatoms. The third kappa shape index (κ3) is 8.57. The van der Waals surface area contributed by atoms with Crippen molar-refractivity contribution in [3.63, 3.8) is 0 Å². The third-order valence-electron chi connectivity index (χ3n) is 6.36. The average Bonchev–Trinajstić information content (AvgIpc) is 2.87. The van der Waals surface area contributed by atoms with Crippen LogP contribution >= 0.6 is 0 Å². The number of ether oxygens (including phenoxy) is 1. The molecule has 0 bridgehead atoms. The molecule has 0 aliphatic carbocycles. The van der Waals surface area contributed by atoms with Gasteiger partial charge in [-0.15, -0.1) is 0 Å². The molecule has 2 N–H and O–H groups in total. The van der Waals surface area contributed by atoms with Crippen molar-refractivity contribution in [1.29, 1.82) is 0 Å². The molecule has 2 unspecified atom stereocenters. The Morgan fingerprint density at radius 2 is 1.59 bits per heavy atom. The van der Waals surface area contributed by atoms with Crippen molar-refractivity contribution in [2.45, 2.75) is 78.5 Å². The molecule has 0 heterocycles. The molecule has 3 rings (SSSR count). The Kier molecular flexibility index (Phi) is 10.1. The lowest BCUT2D eigenvalue weighted by Gasteiger charge is -2.34. The van der Waals surface area contributed by atoms with Crippen LogP contribution in [-0.4, -0.2) is 41.0 Å². The zero-order valence-corrected chi connectivity index (χ0v) is 23.9. The number of unbranched alkanes of at least 4 members (excludes halogenated alkanes) is 2. The van der Waals surface area contributed by atoms with Crippen LogP contribution in [-0.2, 0) is 14.3 Å². The van der Waals surface area contributed by atoms with Gasteiger partial charge in [-0.1, -0.05) is 79.9 Å². The maximum atomic E-state index is 13.9. The first kappa shape index (κ1) is 29.7. The maximum Gasteiger partial charge on any atom is 0.408 e. The van der Waals surface area contributed by atoms with Gasteiger partial charge in [0, 0.05) is 12.2 Å². The van der Waals surface area contributed by atoms with Crippen LogP contribution in [0.5, 0.6) is 0 Å². The monoisotopic (exact) mass is 531 g/mol. The average molecular weight is 532 g/mol. The second kappa shape index (κ2) is 13.3. The molecule has 0 radical (unpaired) electrons. The Balaban J connectivity index is 1.94. The van der Waals surface area contributed by atoms with Gasteiger partial charge in [0.2, 0.25) is 5.91 Å². The van der Waals surface area contributed by atoms with E-state index in [1.165, 1.54) is 0 Å². The largest absolute Gasteiger partial charge is 0.444 e. The number of hydrogen-bond acceptors (Lipinski definition) is 4. The van der Waals surface area contributed by atoms with E-state index in [4.69, 9.17) is 4.74 Å². The van der Waals surface area contributed by atoms with Crippen molar-refractivity contribution >= 4 is 34.4 Å². The summed E-state index contributed by atoms with van der Waals surface area (Å²) in [6, 6.07) is 19.5. The summed E-state index contributed by atoms with van der Waals surface area (Å²) in [7, 11) is 0. The van der Waals surface area contributed by atoms with Crippen molar-refractivity contribution in [3.8, 4) is 0 Å². The van der Waals surface area contributed by atoms with Crippen molar-refractivity contribution in [1.82, 2.24) is 10.2 Å². The van der Waals surface area contributed by atoms with Gasteiger partial charge in [0.1, 0.15) is 17.7 Å². The van der Waals surface area contributed by atoms with Gasteiger partial charge in [-0.05, 0) is 69.5 Å². The van der Waals surface area contributed by atoms with Gasteiger partial charge in [0.25, 0.3) is 5.91 Å². The molecule has 2 atom stereocenters. The topological polar surface area (TPSA) is 87.7 Å². The SMILES string of the molecule is CCCCCN(C(=O)C(C)NC(=O)OC(C)(C)C)C(C(=O)Nc1ccc2ccccc2c1)c1ccc(C)cc1. The van der Waals surface area contributed by atoms with E-state index >= 15 is 0 Å². The van der Waals surface area contributed by atoms with Crippen LogP contribution in [0.4, 0.5) is 10.5 Å². The van der Waals surface area contributed by atoms with Gasteiger partial charge in [0.15, 0.2) is 0 Å². The number of alkyl carbamates (subject to hydrolysis) is 1. The van der Waals surface area contributed by atoms with E-state index in [2.05, 4.69) is 17.6 Å². The van der Waals surface area contributed by atoms with Gasteiger partial charge >= 0.3 is 6.09 Å². The summed E-state index contributed by atoms with van der Waals surface area (Å²) in [5.41, 5.74) is 1.71. The van der Waals surface area contributed by atoms with Gasteiger partial charge in [-0.2, -0.15) is 0 Å². The summed E-state index contributed by atoms with van der Waals surface area (Å²) in [5, 5.41) is 7.77. The highest BCUT2D eigenvalue weighted by molar-refractivity contribution is 6.00. The van der Waals surface area contributed by atoms with E-state index in [0.29, 0.717) is 17.8 Å². The van der Waals surface area contributed by atoms with Crippen LogP contribution in [0.15, 0.2) is 66.7 Å². The van der Waals surface area contributed by atoms with Crippen LogP contribution in [0.25, 0.3) is 10.8 Å². The van der Waals surface area contributed by atoms with Crippen LogP contribution in [0, 0.1) is 6.92 Å². The quantitative estimate of drug-likeness (QED) is 0.283. The van der Waals surface area contributed by atoms with Crippen molar-refractivity contribution in [2.75, 3.05) is 11.9 Å². The summed E-state index contributed by atoms with van der Waals surface area (Å²) >= 11 is 0. The lowest BCUT2D eigenvalue weighted by atomic mass is 10.0. The molecule has 39 heavy (non-hydrogen) atoms. The molecule has 3 aromatic carbocycles. The van der Waals surface area contributed by atoms with E-state index in [-0.39, 0.29) is 11.8 Å². The Morgan fingerprint density at radius 3 is 2.23 bits per heavy atom. The Hall–Kier alpha value is -3.87. The van der Waals surface area contributed by atoms with E-state index in [9.17, 15) is 14.4 Å². The molecule has 0 saturated heterocycles. The lowest BCUT2D eigenvalue weighted by Crippen LogP contribution is -2.51. The Labute approximate surface area is 231 Å². The molecule has 0 aliphatic heterocycles. The standard InChI is InChI=1S/C32H41N3O4/c1-7-8-11-20-35(30(37)23(3)33-31(38)39-32(4,5)6)28(25-16-14-22(2)15-17-25)29(36)34-27-19-18-24-12-9-10-13-26(24)21-27/h9-10,12-19,21,23,28H,7-8,11,20H2,1-6H3,(H,33,38)(H,34,36). The second-order valence-electron chi connectivity index (χ2n) is 11.0. The number of hydrogen-bond donors (Lipinski definition) is 2. The zero-order valence-electron chi connectivity index (χ0n) is 23.9. The molecule has 208 valence electrons.